The number of rotatable bonds is 9. The molecule has 1 aliphatic rings. The third kappa shape index (κ3) is 6.93. The Labute approximate surface area is 109 Å². The first-order chi connectivity index (χ1) is 8.72. The largest absolute Gasteiger partial charge is 0.466 e. The van der Waals surface area contributed by atoms with Gasteiger partial charge >= 0.3 is 5.97 Å². The fraction of sp³-hybridized carbons (Fsp3) is 0.923. The Balaban J connectivity index is 1.92. The van der Waals surface area contributed by atoms with Gasteiger partial charge in [0.1, 0.15) is 0 Å². The molecule has 0 aromatic rings. The van der Waals surface area contributed by atoms with Gasteiger partial charge in [-0.3, -0.25) is 4.79 Å². The zero-order valence-corrected chi connectivity index (χ0v) is 11.2. The highest BCUT2D eigenvalue weighted by Gasteiger charge is 2.16. The summed E-state index contributed by atoms with van der Waals surface area (Å²) >= 11 is 0. The van der Waals surface area contributed by atoms with E-state index < -0.39 is 6.10 Å². The summed E-state index contributed by atoms with van der Waals surface area (Å²) in [6.45, 7) is 3.55. The predicted octanol–water partition coefficient (Wildman–Crippen LogP) is 0.849. The smallest absolute Gasteiger partial charge is 0.307 e. The van der Waals surface area contributed by atoms with Gasteiger partial charge in [0.2, 0.25) is 0 Å². The van der Waals surface area contributed by atoms with E-state index in [0.29, 0.717) is 38.8 Å². The van der Waals surface area contributed by atoms with Crippen LogP contribution < -0.4 is 5.32 Å². The summed E-state index contributed by atoms with van der Waals surface area (Å²) in [7, 11) is 0. The lowest BCUT2D eigenvalue weighted by Crippen LogP contribution is -2.33. The van der Waals surface area contributed by atoms with Crippen LogP contribution >= 0.6 is 0 Å². The second kappa shape index (κ2) is 9.30. The van der Waals surface area contributed by atoms with Crippen molar-refractivity contribution in [2.24, 2.45) is 0 Å². The molecular formula is C13H25NO4. The van der Waals surface area contributed by atoms with Crippen LogP contribution in [0, 0.1) is 0 Å². The SMILES string of the molecule is CCOC(=O)CCNCC(O)COC1CCCC1. The number of carbonyl (C=O) groups is 1. The number of ether oxygens (including phenoxy) is 2. The first-order valence-corrected chi connectivity index (χ1v) is 6.88. The van der Waals surface area contributed by atoms with Crippen molar-refractivity contribution in [2.45, 2.75) is 51.2 Å². The average molecular weight is 259 g/mol. The Kier molecular flexibility index (Phi) is 7.96. The maximum absolute atomic E-state index is 11.0. The molecule has 0 aromatic carbocycles. The first-order valence-electron chi connectivity index (χ1n) is 6.88. The standard InChI is InChI=1S/C13H25NO4/c1-2-17-13(16)7-8-14-9-11(15)10-18-12-5-3-4-6-12/h11-12,14-15H,2-10H2,1H3. The molecule has 0 amide bonds. The van der Waals surface area contributed by atoms with Crippen molar-refractivity contribution in [3.05, 3.63) is 0 Å². The van der Waals surface area contributed by atoms with E-state index in [2.05, 4.69) is 5.32 Å². The fourth-order valence-electron chi connectivity index (χ4n) is 2.05. The maximum Gasteiger partial charge on any atom is 0.307 e. The van der Waals surface area contributed by atoms with E-state index >= 15 is 0 Å². The summed E-state index contributed by atoms with van der Waals surface area (Å²) in [5.74, 6) is -0.207. The molecule has 0 heterocycles. The van der Waals surface area contributed by atoms with Crippen molar-refractivity contribution >= 4 is 5.97 Å². The van der Waals surface area contributed by atoms with Crippen LogP contribution in [0.3, 0.4) is 0 Å². The normalized spacial score (nSPS) is 17.9. The molecule has 5 heteroatoms. The molecular weight excluding hydrogens is 234 g/mol. The molecule has 1 rings (SSSR count). The molecule has 0 radical (unpaired) electrons. The maximum atomic E-state index is 11.0. The summed E-state index contributed by atoms with van der Waals surface area (Å²) < 4.78 is 10.4. The minimum absolute atomic E-state index is 0.207. The van der Waals surface area contributed by atoms with Crippen LogP contribution in [-0.2, 0) is 14.3 Å². The van der Waals surface area contributed by atoms with Crippen LogP contribution in [0.5, 0.6) is 0 Å². The molecule has 1 atom stereocenters. The minimum atomic E-state index is -0.507. The van der Waals surface area contributed by atoms with E-state index in [1.807, 2.05) is 0 Å². The van der Waals surface area contributed by atoms with Crippen LogP contribution in [-0.4, -0.2) is 49.6 Å². The summed E-state index contributed by atoms with van der Waals surface area (Å²) in [4.78, 5) is 11.0. The lowest BCUT2D eigenvalue weighted by molar-refractivity contribution is -0.143. The van der Waals surface area contributed by atoms with Crippen LogP contribution in [0.25, 0.3) is 0 Å². The third-order valence-corrected chi connectivity index (χ3v) is 3.02. The highest BCUT2D eigenvalue weighted by atomic mass is 16.5. The van der Waals surface area contributed by atoms with E-state index in [9.17, 15) is 9.90 Å². The highest BCUT2D eigenvalue weighted by Crippen LogP contribution is 2.20. The van der Waals surface area contributed by atoms with Gasteiger partial charge in [0.05, 0.1) is 31.8 Å². The van der Waals surface area contributed by atoms with Crippen molar-refractivity contribution in [2.75, 3.05) is 26.3 Å². The van der Waals surface area contributed by atoms with Gasteiger partial charge in [-0.05, 0) is 19.8 Å². The van der Waals surface area contributed by atoms with Gasteiger partial charge in [0, 0.05) is 13.1 Å². The molecule has 0 spiro atoms. The lowest BCUT2D eigenvalue weighted by Gasteiger charge is -2.15. The summed E-state index contributed by atoms with van der Waals surface area (Å²) in [5, 5.41) is 12.7. The molecule has 0 aliphatic heterocycles. The summed E-state index contributed by atoms with van der Waals surface area (Å²) in [5.41, 5.74) is 0. The fourth-order valence-corrected chi connectivity index (χ4v) is 2.05. The minimum Gasteiger partial charge on any atom is -0.466 e. The van der Waals surface area contributed by atoms with Crippen molar-refractivity contribution in [3.8, 4) is 0 Å². The predicted molar refractivity (Wildman–Crippen MR) is 68.3 cm³/mol. The third-order valence-electron chi connectivity index (χ3n) is 3.02. The van der Waals surface area contributed by atoms with E-state index in [1.165, 1.54) is 12.8 Å². The molecule has 1 aliphatic carbocycles. The second-order valence-electron chi connectivity index (χ2n) is 4.65. The van der Waals surface area contributed by atoms with Crippen LogP contribution in [0.15, 0.2) is 0 Å². The topological polar surface area (TPSA) is 67.8 Å². The second-order valence-corrected chi connectivity index (χ2v) is 4.65. The van der Waals surface area contributed by atoms with E-state index in [0.717, 1.165) is 12.8 Å². The van der Waals surface area contributed by atoms with Crippen molar-refractivity contribution in [1.29, 1.82) is 0 Å². The molecule has 106 valence electrons. The van der Waals surface area contributed by atoms with Crippen molar-refractivity contribution in [1.82, 2.24) is 5.32 Å². The van der Waals surface area contributed by atoms with E-state index in [4.69, 9.17) is 9.47 Å². The lowest BCUT2D eigenvalue weighted by atomic mass is 10.3. The Bertz CT molecular complexity index is 229. The number of esters is 1. The molecule has 1 saturated carbocycles. The van der Waals surface area contributed by atoms with Gasteiger partial charge in [-0.25, -0.2) is 0 Å². The van der Waals surface area contributed by atoms with Crippen molar-refractivity contribution < 1.29 is 19.4 Å². The van der Waals surface area contributed by atoms with Gasteiger partial charge in [-0.2, -0.15) is 0 Å². The first kappa shape index (κ1) is 15.4. The highest BCUT2D eigenvalue weighted by molar-refractivity contribution is 5.69. The molecule has 1 fully saturated rings. The van der Waals surface area contributed by atoms with Gasteiger partial charge in [0.15, 0.2) is 0 Å². The van der Waals surface area contributed by atoms with E-state index in [1.54, 1.807) is 6.92 Å². The number of aliphatic hydroxyl groups is 1. The molecule has 2 N–H and O–H groups in total. The molecule has 18 heavy (non-hydrogen) atoms. The quantitative estimate of drug-likeness (QED) is 0.474. The van der Waals surface area contributed by atoms with Crippen LogP contribution in [0.1, 0.15) is 39.0 Å². The number of aliphatic hydroxyl groups excluding tert-OH is 1. The Hall–Kier alpha value is -0.650. The van der Waals surface area contributed by atoms with Crippen molar-refractivity contribution in [3.63, 3.8) is 0 Å². The summed E-state index contributed by atoms with van der Waals surface area (Å²) in [6, 6.07) is 0. The Morgan fingerprint density at radius 1 is 1.44 bits per heavy atom. The van der Waals surface area contributed by atoms with Crippen LogP contribution in [0.2, 0.25) is 0 Å². The number of hydrogen-bond donors (Lipinski definition) is 2. The number of hydrogen-bond acceptors (Lipinski definition) is 5. The Morgan fingerprint density at radius 3 is 2.83 bits per heavy atom. The van der Waals surface area contributed by atoms with Gasteiger partial charge in [-0.15, -0.1) is 0 Å². The molecule has 5 nitrogen and oxygen atoms in total. The monoisotopic (exact) mass is 259 g/mol. The number of carbonyl (C=O) groups excluding carboxylic acids is 1. The van der Waals surface area contributed by atoms with Crippen LogP contribution in [0.4, 0.5) is 0 Å². The molecule has 0 bridgehead atoms. The number of nitrogens with one attached hydrogen (secondary N) is 1. The van der Waals surface area contributed by atoms with Gasteiger partial charge in [0.25, 0.3) is 0 Å². The average Bonchev–Trinajstić information content (AvgIpc) is 2.85. The molecule has 0 aromatic heterocycles. The summed E-state index contributed by atoms with van der Waals surface area (Å²) in [6.07, 6.45) is 4.86. The zero-order chi connectivity index (χ0) is 13.2. The zero-order valence-electron chi connectivity index (χ0n) is 11.2. The molecule has 0 saturated heterocycles. The van der Waals surface area contributed by atoms with Gasteiger partial charge < -0.3 is 19.9 Å². The Morgan fingerprint density at radius 2 is 2.17 bits per heavy atom. The van der Waals surface area contributed by atoms with Gasteiger partial charge in [-0.1, -0.05) is 12.8 Å². The van der Waals surface area contributed by atoms with E-state index in [-0.39, 0.29) is 5.97 Å². The molecule has 1 unspecified atom stereocenters.